The maximum Gasteiger partial charge on any atom is 0.131 e. The highest BCUT2D eigenvalue weighted by Crippen LogP contribution is 2.64. The highest BCUT2D eigenvalue weighted by Gasteiger charge is 2.54. The molecule has 0 aliphatic heterocycles. The smallest absolute Gasteiger partial charge is 0.131 e. The lowest BCUT2D eigenvalue weighted by Gasteiger charge is -2.32. The van der Waals surface area contributed by atoms with Crippen LogP contribution in [0.2, 0.25) is 0 Å². The van der Waals surface area contributed by atoms with Crippen LogP contribution in [0, 0.1) is 0 Å². The number of allylic oxidation sites excluding steroid dienone is 2. The van der Waals surface area contributed by atoms with Crippen molar-refractivity contribution in [3.63, 3.8) is 0 Å². The van der Waals surface area contributed by atoms with E-state index in [-0.39, 0.29) is 0 Å². The van der Waals surface area contributed by atoms with Gasteiger partial charge in [-0.15, -0.1) is 0 Å². The van der Waals surface area contributed by atoms with Gasteiger partial charge in [0.05, 0.1) is 18.2 Å². The molecule has 0 aromatic heterocycles. The van der Waals surface area contributed by atoms with E-state index in [9.17, 15) is 0 Å². The van der Waals surface area contributed by atoms with E-state index >= 15 is 0 Å². The number of methoxy groups -OCH3 is 1. The van der Waals surface area contributed by atoms with Crippen molar-refractivity contribution < 1.29 is 4.74 Å². The predicted octanol–water partition coefficient (Wildman–Crippen LogP) is 11.8. The lowest BCUT2D eigenvalue weighted by molar-refractivity contribution is 0.372. The van der Waals surface area contributed by atoms with Crippen LogP contribution < -0.4 is 5.73 Å². The van der Waals surface area contributed by atoms with Gasteiger partial charge in [-0.25, -0.2) is 0 Å². The van der Waals surface area contributed by atoms with E-state index in [1.165, 1.54) is 62.7 Å². The quantitative estimate of drug-likeness (QED) is 0.159. The van der Waals surface area contributed by atoms with Crippen molar-refractivity contribution >= 4 is 23.7 Å². The van der Waals surface area contributed by atoms with Crippen LogP contribution in [-0.4, -0.2) is 20.9 Å². The van der Waals surface area contributed by atoms with Gasteiger partial charge in [-0.05, 0) is 88.5 Å². The zero-order valence-electron chi connectivity index (χ0n) is 31.5. The van der Waals surface area contributed by atoms with Crippen LogP contribution in [0.1, 0.15) is 51.4 Å². The third kappa shape index (κ3) is 5.67. The maximum atomic E-state index is 6.32. The molecule has 0 saturated heterocycles. The Bertz CT molecular complexity index is 2550. The van der Waals surface area contributed by atoms with E-state index in [1.54, 1.807) is 7.11 Å². The summed E-state index contributed by atoms with van der Waals surface area (Å²) in [6, 6.07) is 65.3. The third-order valence-electron chi connectivity index (χ3n) is 11.3. The van der Waals surface area contributed by atoms with E-state index in [0.29, 0.717) is 0 Å². The average molecular weight is 713 g/mol. The van der Waals surface area contributed by atoms with Crippen LogP contribution in [-0.2, 0) is 15.6 Å². The number of hydrogen-bond donors (Lipinski definition) is 1. The Morgan fingerprint density at radius 3 is 1.67 bits per heavy atom. The Morgan fingerprint density at radius 1 is 0.564 bits per heavy atom. The molecule has 2 atom stereocenters. The summed E-state index contributed by atoms with van der Waals surface area (Å²) in [5.41, 5.74) is 19.7. The Balaban J connectivity index is 0.00000210. The number of rotatable bonds is 8. The monoisotopic (exact) mass is 712 g/mol. The second-order valence-corrected chi connectivity index (χ2v) is 14.1. The van der Waals surface area contributed by atoms with Gasteiger partial charge >= 0.3 is 0 Å². The number of hydrogen-bond acceptors (Lipinski definition) is 3. The van der Waals surface area contributed by atoms with Crippen molar-refractivity contribution in [2.75, 3.05) is 14.2 Å². The molecule has 7 aromatic rings. The molecule has 9 rings (SSSR count). The molecule has 0 radical (unpaired) electrons. The number of nitrogens with zero attached hydrogens (tertiary/aromatic N) is 1. The molecule has 2 aliphatic rings. The molecule has 55 heavy (non-hydrogen) atoms. The molecular formula is C52H44N2O. The van der Waals surface area contributed by atoms with Crippen LogP contribution in [0.3, 0.4) is 0 Å². The van der Waals surface area contributed by atoms with Crippen molar-refractivity contribution in [2.45, 2.75) is 17.8 Å². The molecule has 3 nitrogen and oxygen atoms in total. The lowest BCUT2D eigenvalue weighted by atomic mass is 9.68. The minimum absolute atomic E-state index is 0.480. The second kappa shape index (κ2) is 14.7. The largest absolute Gasteiger partial charge is 0.496 e. The van der Waals surface area contributed by atoms with Gasteiger partial charge in [-0.3, -0.25) is 4.99 Å². The van der Waals surface area contributed by atoms with Gasteiger partial charge in [0.15, 0.2) is 0 Å². The van der Waals surface area contributed by atoms with Gasteiger partial charge in [0.1, 0.15) is 5.76 Å². The maximum absolute atomic E-state index is 6.32. The second-order valence-electron chi connectivity index (χ2n) is 14.1. The molecule has 0 amide bonds. The summed E-state index contributed by atoms with van der Waals surface area (Å²) in [5.74, 6) is 0.920. The number of fused-ring (bicyclic) bond motifs is 7. The molecule has 7 aromatic carbocycles. The first-order valence-corrected chi connectivity index (χ1v) is 18.8. The zero-order valence-corrected chi connectivity index (χ0v) is 31.5. The van der Waals surface area contributed by atoms with E-state index in [0.717, 1.165) is 28.1 Å². The summed E-state index contributed by atoms with van der Waals surface area (Å²) in [6.07, 6.45) is 2.29. The fraction of sp³-hybridized carbons (Fsp3) is 0.0962. The van der Waals surface area contributed by atoms with Crippen molar-refractivity contribution in [2.24, 2.45) is 10.7 Å². The lowest BCUT2D eigenvalue weighted by Crippen LogP contribution is -2.26. The highest BCUT2D eigenvalue weighted by atomic mass is 16.5. The molecule has 2 N–H and O–H groups in total. The topological polar surface area (TPSA) is 47.6 Å². The normalized spacial score (nSPS) is 16.3. The Hall–Kier alpha value is -6.55. The van der Waals surface area contributed by atoms with E-state index in [1.807, 2.05) is 0 Å². The molecule has 0 fully saturated rings. The van der Waals surface area contributed by atoms with Gasteiger partial charge in [-0.2, -0.15) is 0 Å². The van der Waals surface area contributed by atoms with Crippen molar-refractivity contribution in [1.82, 2.24) is 0 Å². The van der Waals surface area contributed by atoms with E-state index in [4.69, 9.17) is 9.73 Å². The number of ether oxygens (including phenoxy) is 1. The van der Waals surface area contributed by atoms with Gasteiger partial charge < -0.3 is 10.5 Å². The number of benzene rings is 7. The van der Waals surface area contributed by atoms with E-state index in [2.05, 4.69) is 207 Å². The zero-order chi connectivity index (χ0) is 38.0. The fourth-order valence-corrected chi connectivity index (χ4v) is 8.87. The first-order chi connectivity index (χ1) is 27.1. The van der Waals surface area contributed by atoms with Crippen molar-refractivity contribution in [1.29, 1.82) is 0 Å². The SMILES string of the molecule is C=N/C(=C\C(C)(c1ccccc1)c1ccc(-c2ccccc2)cc1)c1ccc2c(c1)-c1ccccc1C21C(c2ccccc2)=C(OC)c2ccccc21.CN. The molecular weight excluding hydrogens is 669 g/mol. The first kappa shape index (κ1) is 35.5. The minimum atomic E-state index is -0.543. The Kier molecular flexibility index (Phi) is 9.48. The summed E-state index contributed by atoms with van der Waals surface area (Å²) < 4.78 is 6.32. The van der Waals surface area contributed by atoms with Gasteiger partial charge in [0.2, 0.25) is 0 Å². The number of nitrogens with two attached hydrogens (primary N) is 1. The van der Waals surface area contributed by atoms with Crippen LogP contribution in [0.15, 0.2) is 193 Å². The van der Waals surface area contributed by atoms with Gasteiger partial charge in [-0.1, -0.05) is 176 Å². The first-order valence-electron chi connectivity index (χ1n) is 18.8. The molecule has 0 heterocycles. The summed E-state index contributed by atoms with van der Waals surface area (Å²) in [4.78, 5) is 4.74. The molecule has 0 bridgehead atoms. The predicted molar refractivity (Wildman–Crippen MR) is 231 cm³/mol. The summed E-state index contributed by atoms with van der Waals surface area (Å²) >= 11 is 0. The van der Waals surface area contributed by atoms with Crippen molar-refractivity contribution in [3.8, 4) is 22.3 Å². The highest BCUT2D eigenvalue weighted by molar-refractivity contribution is 6.08. The molecule has 2 unspecified atom stereocenters. The molecule has 2 aliphatic carbocycles. The number of aliphatic imine (C=N–C) groups is 1. The molecule has 3 heteroatoms. The Labute approximate surface area is 324 Å². The van der Waals surface area contributed by atoms with Crippen LogP contribution in [0.5, 0.6) is 0 Å². The van der Waals surface area contributed by atoms with Crippen molar-refractivity contribution in [3.05, 3.63) is 233 Å². The molecule has 268 valence electrons. The van der Waals surface area contributed by atoms with Crippen LogP contribution in [0.4, 0.5) is 0 Å². The summed E-state index contributed by atoms with van der Waals surface area (Å²) in [7, 11) is 3.30. The summed E-state index contributed by atoms with van der Waals surface area (Å²) in [6.45, 7) is 6.41. The minimum Gasteiger partial charge on any atom is -0.496 e. The molecule has 0 saturated carbocycles. The third-order valence-corrected chi connectivity index (χ3v) is 11.3. The average Bonchev–Trinajstić information content (AvgIpc) is 3.73. The van der Waals surface area contributed by atoms with E-state index < -0.39 is 10.8 Å². The fourth-order valence-electron chi connectivity index (χ4n) is 8.87. The Morgan fingerprint density at radius 2 is 1.05 bits per heavy atom. The summed E-state index contributed by atoms with van der Waals surface area (Å²) in [5, 5.41) is 0. The van der Waals surface area contributed by atoms with Crippen LogP contribution in [0.25, 0.3) is 39.3 Å². The molecule has 1 spiro atoms. The van der Waals surface area contributed by atoms with Crippen LogP contribution >= 0.6 is 0 Å². The van der Waals surface area contributed by atoms with Gasteiger partial charge in [0.25, 0.3) is 0 Å². The van der Waals surface area contributed by atoms with Gasteiger partial charge in [0, 0.05) is 22.1 Å². The standard InChI is InChI=1S/C51H39NO.CH5N/c1-50(39-21-11-6-12-22-39,40-30-27-36(28-31-40)35-17-7-4-8-18-35)34-47(52-2)38-29-32-46-43(33-38)41-23-13-15-25-44(41)51(46)45-26-16-14-24-42(45)49(53-3)48(51)37-19-9-5-10-20-37;1-2/h4-34H,2H2,1,3H3;2H2,1H3/b47-34-;.